The highest BCUT2D eigenvalue weighted by molar-refractivity contribution is 7.18. The van der Waals surface area contributed by atoms with Crippen molar-refractivity contribution in [3.05, 3.63) is 96.5 Å². The molecule has 28 heavy (non-hydrogen) atoms. The van der Waals surface area contributed by atoms with E-state index in [1.165, 1.54) is 15.9 Å². The number of nitrogens with zero attached hydrogens (tertiary/aromatic N) is 2. The predicted octanol–water partition coefficient (Wildman–Crippen LogP) is 4.79. The van der Waals surface area contributed by atoms with Crippen LogP contribution in [0.25, 0.3) is 15.9 Å². The summed E-state index contributed by atoms with van der Waals surface area (Å²) in [6.45, 7) is 4.47. The Bertz CT molecular complexity index is 1300. The van der Waals surface area contributed by atoms with Crippen molar-refractivity contribution in [3.8, 4) is 5.69 Å². The molecule has 0 saturated heterocycles. The van der Waals surface area contributed by atoms with E-state index >= 15 is 0 Å². The van der Waals surface area contributed by atoms with Crippen LogP contribution in [0.1, 0.15) is 22.9 Å². The van der Waals surface area contributed by atoms with Crippen molar-refractivity contribution in [2.24, 2.45) is 0 Å². The summed E-state index contributed by atoms with van der Waals surface area (Å²) in [5, 5.41) is 1.04. The lowest BCUT2D eigenvalue weighted by Gasteiger charge is -2.12. The number of halogens is 1. The van der Waals surface area contributed by atoms with Crippen LogP contribution in [-0.4, -0.2) is 9.13 Å². The molecule has 0 saturated carbocycles. The number of hydrogen-bond donors (Lipinski definition) is 0. The Morgan fingerprint density at radius 2 is 1.82 bits per heavy atom. The van der Waals surface area contributed by atoms with E-state index in [1.807, 2.05) is 38.1 Å². The molecule has 4 rings (SSSR count). The number of benzene rings is 2. The highest BCUT2D eigenvalue weighted by atomic mass is 35.5. The van der Waals surface area contributed by atoms with Crippen LogP contribution in [-0.2, 0) is 13.0 Å². The fourth-order valence-electron chi connectivity index (χ4n) is 3.35. The molecule has 0 radical (unpaired) electrons. The average Bonchev–Trinajstić information content (AvgIpc) is 3.10. The third-order valence-electron chi connectivity index (χ3n) is 4.70. The number of aryl methyl sites for hydroxylation is 2. The molecule has 0 amide bonds. The van der Waals surface area contributed by atoms with Crippen molar-refractivity contribution in [1.82, 2.24) is 9.13 Å². The fourth-order valence-corrected chi connectivity index (χ4v) is 4.61. The predicted molar refractivity (Wildman–Crippen MR) is 116 cm³/mol. The largest absolute Gasteiger partial charge is 0.337 e. The monoisotopic (exact) mass is 410 g/mol. The van der Waals surface area contributed by atoms with Gasteiger partial charge in [-0.25, -0.2) is 9.36 Å². The molecular formula is C22H19ClN2O2S. The van der Waals surface area contributed by atoms with Crippen LogP contribution >= 0.6 is 22.9 Å². The summed E-state index contributed by atoms with van der Waals surface area (Å²) in [4.78, 5) is 28.3. The van der Waals surface area contributed by atoms with Crippen molar-refractivity contribution >= 4 is 33.2 Å². The summed E-state index contributed by atoms with van der Waals surface area (Å²) in [5.41, 5.74) is 1.97. The summed E-state index contributed by atoms with van der Waals surface area (Å²) in [6.07, 6.45) is 0.814. The second-order valence-corrected chi connectivity index (χ2v) is 8.31. The van der Waals surface area contributed by atoms with E-state index in [0.29, 0.717) is 27.5 Å². The van der Waals surface area contributed by atoms with E-state index in [-0.39, 0.29) is 11.2 Å². The maximum Gasteiger partial charge on any atom is 0.337 e. The van der Waals surface area contributed by atoms with E-state index < -0.39 is 0 Å². The van der Waals surface area contributed by atoms with Gasteiger partial charge in [-0.15, -0.1) is 11.3 Å². The molecule has 0 spiro atoms. The van der Waals surface area contributed by atoms with Gasteiger partial charge in [0.25, 0.3) is 5.56 Å². The van der Waals surface area contributed by atoms with Gasteiger partial charge in [-0.3, -0.25) is 9.36 Å². The van der Waals surface area contributed by atoms with E-state index in [0.717, 1.165) is 22.4 Å². The molecule has 0 bridgehead atoms. The van der Waals surface area contributed by atoms with Gasteiger partial charge in [0.05, 0.1) is 17.6 Å². The van der Waals surface area contributed by atoms with Gasteiger partial charge in [0.15, 0.2) is 0 Å². The Labute approximate surface area is 171 Å². The Kier molecular flexibility index (Phi) is 4.96. The average molecular weight is 411 g/mol. The number of fused-ring (bicyclic) bond motifs is 1. The molecule has 0 atom stereocenters. The van der Waals surface area contributed by atoms with E-state index in [1.54, 1.807) is 28.8 Å². The second-order valence-electron chi connectivity index (χ2n) is 6.76. The summed E-state index contributed by atoms with van der Waals surface area (Å²) >= 11 is 7.62. The third kappa shape index (κ3) is 3.32. The number of hydrogen-bond acceptors (Lipinski definition) is 3. The summed E-state index contributed by atoms with van der Waals surface area (Å²) in [5.74, 6) is 0. The molecular weight excluding hydrogens is 392 g/mol. The van der Waals surface area contributed by atoms with Crippen LogP contribution in [0.3, 0.4) is 0 Å². The van der Waals surface area contributed by atoms with E-state index in [2.05, 4.69) is 6.07 Å². The van der Waals surface area contributed by atoms with Gasteiger partial charge in [0.2, 0.25) is 0 Å². The van der Waals surface area contributed by atoms with Gasteiger partial charge in [0, 0.05) is 9.90 Å². The Morgan fingerprint density at radius 3 is 2.54 bits per heavy atom. The first-order valence-corrected chi connectivity index (χ1v) is 10.3. The van der Waals surface area contributed by atoms with Gasteiger partial charge >= 0.3 is 5.69 Å². The Morgan fingerprint density at radius 1 is 1.04 bits per heavy atom. The molecule has 4 aromatic rings. The molecule has 142 valence electrons. The summed E-state index contributed by atoms with van der Waals surface area (Å²) < 4.78 is 2.91. The minimum atomic E-state index is -0.356. The van der Waals surface area contributed by atoms with Crippen molar-refractivity contribution in [3.63, 3.8) is 0 Å². The smallest absolute Gasteiger partial charge is 0.280 e. The molecule has 4 nitrogen and oxygen atoms in total. The lowest BCUT2D eigenvalue weighted by Crippen LogP contribution is -2.38. The van der Waals surface area contributed by atoms with E-state index in [4.69, 9.17) is 11.6 Å². The van der Waals surface area contributed by atoms with Gasteiger partial charge < -0.3 is 0 Å². The first-order valence-electron chi connectivity index (χ1n) is 9.07. The molecule has 6 heteroatoms. The summed E-state index contributed by atoms with van der Waals surface area (Å²) in [6, 6.07) is 16.8. The lowest BCUT2D eigenvalue weighted by molar-refractivity contribution is 0.719. The van der Waals surface area contributed by atoms with Crippen molar-refractivity contribution < 1.29 is 0 Å². The molecule has 2 heterocycles. The molecule has 0 unspecified atom stereocenters. The standard InChI is InChI=1S/C22H19ClN2O2S/c1-3-18-12-19-20(26)25(17-9-5-8-16(23)11-17)22(27)24(21(19)28-18)13-15-7-4-6-14(2)10-15/h4-12H,3,13H2,1-2H3. The maximum absolute atomic E-state index is 13.4. The lowest BCUT2D eigenvalue weighted by atomic mass is 10.1. The minimum Gasteiger partial charge on any atom is -0.280 e. The van der Waals surface area contributed by atoms with Crippen molar-refractivity contribution in [2.75, 3.05) is 0 Å². The summed E-state index contributed by atoms with van der Waals surface area (Å²) in [7, 11) is 0. The first-order chi connectivity index (χ1) is 13.5. The van der Waals surface area contributed by atoms with Gasteiger partial charge in [0.1, 0.15) is 4.83 Å². The van der Waals surface area contributed by atoms with Crippen molar-refractivity contribution in [1.29, 1.82) is 0 Å². The normalized spacial score (nSPS) is 11.2. The van der Waals surface area contributed by atoms with Crippen LogP contribution in [0.15, 0.2) is 64.2 Å². The number of rotatable bonds is 4. The Hall–Kier alpha value is -2.63. The molecule has 0 N–H and O–H groups in total. The fraction of sp³-hybridized carbons (Fsp3) is 0.182. The van der Waals surface area contributed by atoms with Gasteiger partial charge in [-0.1, -0.05) is 54.4 Å². The Balaban J connectivity index is 2.03. The molecule has 0 aliphatic heterocycles. The molecule has 0 aliphatic carbocycles. The maximum atomic E-state index is 13.4. The van der Waals surface area contributed by atoms with E-state index in [9.17, 15) is 9.59 Å². The zero-order valence-electron chi connectivity index (χ0n) is 15.6. The van der Waals surface area contributed by atoms with Crippen LogP contribution in [0.2, 0.25) is 5.02 Å². The molecule has 2 aromatic heterocycles. The number of thiophene rings is 1. The van der Waals surface area contributed by atoms with Crippen LogP contribution in [0, 0.1) is 6.92 Å². The molecule has 0 aliphatic rings. The zero-order valence-corrected chi connectivity index (χ0v) is 17.2. The zero-order chi connectivity index (χ0) is 19.8. The highest BCUT2D eigenvalue weighted by Crippen LogP contribution is 2.24. The molecule has 2 aromatic carbocycles. The van der Waals surface area contributed by atoms with Gasteiger partial charge in [-0.2, -0.15) is 0 Å². The van der Waals surface area contributed by atoms with Gasteiger partial charge in [-0.05, 0) is 43.2 Å². The SMILES string of the molecule is CCc1cc2c(=O)n(-c3cccc(Cl)c3)c(=O)n(Cc3cccc(C)c3)c2s1. The minimum absolute atomic E-state index is 0.307. The van der Waals surface area contributed by atoms with Crippen LogP contribution < -0.4 is 11.2 Å². The topological polar surface area (TPSA) is 44.0 Å². The highest BCUT2D eigenvalue weighted by Gasteiger charge is 2.17. The van der Waals surface area contributed by atoms with Crippen LogP contribution in [0.5, 0.6) is 0 Å². The van der Waals surface area contributed by atoms with Crippen molar-refractivity contribution in [2.45, 2.75) is 26.8 Å². The number of aromatic nitrogens is 2. The quantitative estimate of drug-likeness (QED) is 0.485. The third-order valence-corrected chi connectivity index (χ3v) is 6.24. The molecule has 0 fully saturated rings. The second kappa shape index (κ2) is 7.41. The van der Waals surface area contributed by atoms with Crippen LogP contribution in [0.4, 0.5) is 0 Å². The first kappa shape index (κ1) is 18.7.